The topological polar surface area (TPSA) is 12.0 Å². The zero-order valence-corrected chi connectivity index (χ0v) is 11.1. The first-order valence-electron chi connectivity index (χ1n) is 6.35. The van der Waals surface area contributed by atoms with Crippen LogP contribution in [0.15, 0.2) is 30.3 Å². The Morgan fingerprint density at radius 3 is 2.32 bits per heavy atom. The van der Waals surface area contributed by atoms with Gasteiger partial charge >= 0.3 is 6.18 Å². The van der Waals surface area contributed by atoms with E-state index in [1.54, 1.807) is 0 Å². The number of benzene rings is 1. The summed E-state index contributed by atoms with van der Waals surface area (Å²) in [4.78, 5) is 0. The fraction of sp³-hybridized carbons (Fsp3) is 0.467. The Morgan fingerprint density at radius 1 is 1.21 bits per heavy atom. The zero-order chi connectivity index (χ0) is 14.1. The average Bonchev–Trinajstić information content (AvgIpc) is 2.65. The van der Waals surface area contributed by atoms with Crippen molar-refractivity contribution in [1.82, 2.24) is 5.32 Å². The lowest BCUT2D eigenvalue weighted by atomic mass is 9.82. The van der Waals surface area contributed by atoms with Gasteiger partial charge in [-0.05, 0) is 29.0 Å². The van der Waals surface area contributed by atoms with Crippen LogP contribution >= 0.6 is 0 Å². The van der Waals surface area contributed by atoms with Gasteiger partial charge in [-0.15, -0.1) is 0 Å². The van der Waals surface area contributed by atoms with E-state index in [1.165, 1.54) is 12.1 Å². The minimum Gasteiger partial charge on any atom is -0.316 e. The molecule has 0 aliphatic carbocycles. The van der Waals surface area contributed by atoms with E-state index in [4.69, 9.17) is 0 Å². The van der Waals surface area contributed by atoms with Gasteiger partial charge in [-0.25, -0.2) is 0 Å². The monoisotopic (exact) mass is 269 g/mol. The fourth-order valence-corrected chi connectivity index (χ4v) is 2.30. The summed E-state index contributed by atoms with van der Waals surface area (Å²) in [6, 6.07) is 5.26. The maximum absolute atomic E-state index is 12.4. The third kappa shape index (κ3) is 3.38. The predicted molar refractivity (Wildman–Crippen MR) is 70.6 cm³/mol. The van der Waals surface area contributed by atoms with Crippen LogP contribution in [0.4, 0.5) is 13.2 Å². The molecule has 0 amide bonds. The highest BCUT2D eigenvalue weighted by molar-refractivity contribution is 5.50. The molecule has 0 bridgehead atoms. The predicted octanol–water partition coefficient (Wildman–Crippen LogP) is 3.96. The highest BCUT2D eigenvalue weighted by Gasteiger charge is 2.32. The second-order valence-corrected chi connectivity index (χ2v) is 5.70. The van der Waals surface area contributed by atoms with Crippen LogP contribution < -0.4 is 5.32 Å². The first-order valence-corrected chi connectivity index (χ1v) is 6.35. The lowest BCUT2D eigenvalue weighted by molar-refractivity contribution is -0.137. The number of alkyl halides is 3. The van der Waals surface area contributed by atoms with Crippen molar-refractivity contribution in [2.75, 3.05) is 13.1 Å². The van der Waals surface area contributed by atoms with Crippen LogP contribution in [0.1, 0.15) is 25.0 Å². The molecule has 0 saturated carbocycles. The largest absolute Gasteiger partial charge is 0.416 e. The van der Waals surface area contributed by atoms with E-state index in [0.717, 1.165) is 30.8 Å². The molecule has 1 aliphatic rings. The summed E-state index contributed by atoms with van der Waals surface area (Å²) in [5.41, 5.74) is 0.394. The van der Waals surface area contributed by atoms with Gasteiger partial charge in [-0.3, -0.25) is 0 Å². The van der Waals surface area contributed by atoms with Crippen LogP contribution in [0.3, 0.4) is 0 Å². The van der Waals surface area contributed by atoms with E-state index < -0.39 is 11.7 Å². The molecule has 1 aromatic rings. The van der Waals surface area contributed by atoms with E-state index in [2.05, 4.69) is 25.2 Å². The molecule has 1 fully saturated rings. The van der Waals surface area contributed by atoms with Crippen LogP contribution in [-0.4, -0.2) is 13.1 Å². The number of halogens is 3. The SMILES string of the molecule is CC1(C)CNCC1C=Cc1ccc(C(F)(F)F)cc1. The van der Waals surface area contributed by atoms with Gasteiger partial charge in [0.15, 0.2) is 0 Å². The van der Waals surface area contributed by atoms with Crippen LogP contribution in [-0.2, 0) is 6.18 Å². The van der Waals surface area contributed by atoms with E-state index in [9.17, 15) is 13.2 Å². The molecule has 19 heavy (non-hydrogen) atoms. The van der Waals surface area contributed by atoms with Crippen LogP contribution in [0.25, 0.3) is 6.08 Å². The van der Waals surface area contributed by atoms with E-state index in [1.807, 2.05) is 6.08 Å². The first-order chi connectivity index (χ1) is 8.79. The number of rotatable bonds is 2. The minimum atomic E-state index is -4.26. The number of hydrogen-bond acceptors (Lipinski definition) is 1. The lowest BCUT2D eigenvalue weighted by Crippen LogP contribution is -2.20. The van der Waals surface area contributed by atoms with Crippen molar-refractivity contribution in [2.45, 2.75) is 20.0 Å². The van der Waals surface area contributed by atoms with Crippen LogP contribution in [0.2, 0.25) is 0 Å². The third-order valence-corrected chi connectivity index (χ3v) is 3.71. The fourth-order valence-electron chi connectivity index (χ4n) is 2.30. The normalized spacial score (nSPS) is 23.1. The Kier molecular flexibility index (Phi) is 3.72. The molecule has 1 aliphatic heterocycles. The highest BCUT2D eigenvalue weighted by atomic mass is 19.4. The van der Waals surface area contributed by atoms with Gasteiger partial charge in [0, 0.05) is 13.1 Å². The molecule has 1 atom stereocenters. The molecule has 1 N–H and O–H groups in total. The van der Waals surface area contributed by atoms with Crippen molar-refractivity contribution in [2.24, 2.45) is 11.3 Å². The molecule has 1 unspecified atom stereocenters. The maximum Gasteiger partial charge on any atom is 0.416 e. The summed E-state index contributed by atoms with van der Waals surface area (Å²) in [5.74, 6) is 0.412. The van der Waals surface area contributed by atoms with Gasteiger partial charge in [0.05, 0.1) is 5.56 Å². The number of nitrogens with one attached hydrogen (secondary N) is 1. The van der Waals surface area contributed by atoms with Crippen molar-refractivity contribution >= 4 is 6.08 Å². The second kappa shape index (κ2) is 5.00. The Bertz CT molecular complexity index is 457. The molecule has 1 saturated heterocycles. The average molecular weight is 269 g/mol. The summed E-state index contributed by atoms with van der Waals surface area (Å²) < 4.78 is 37.3. The first kappa shape index (κ1) is 14.1. The molecule has 2 rings (SSSR count). The summed E-state index contributed by atoms with van der Waals surface area (Å²) in [7, 11) is 0. The smallest absolute Gasteiger partial charge is 0.316 e. The standard InChI is InChI=1S/C15H18F3N/c1-14(2)10-19-9-13(14)8-5-11-3-6-12(7-4-11)15(16,17)18/h3-8,13,19H,9-10H2,1-2H3. The molecular formula is C15H18F3N. The summed E-state index contributed by atoms with van der Waals surface area (Å²) in [5, 5.41) is 3.33. The molecule has 4 heteroatoms. The Hall–Kier alpha value is -1.29. The van der Waals surface area contributed by atoms with Crippen LogP contribution in [0.5, 0.6) is 0 Å². The molecule has 1 nitrogen and oxygen atoms in total. The van der Waals surface area contributed by atoms with E-state index in [0.29, 0.717) is 5.92 Å². The Morgan fingerprint density at radius 2 is 1.84 bits per heavy atom. The molecule has 0 spiro atoms. The molecule has 0 aromatic heterocycles. The Balaban J connectivity index is 2.08. The Labute approximate surface area is 111 Å². The van der Waals surface area contributed by atoms with Gasteiger partial charge in [-0.2, -0.15) is 13.2 Å². The molecule has 1 aromatic carbocycles. The minimum absolute atomic E-state index is 0.197. The molecule has 1 heterocycles. The van der Waals surface area contributed by atoms with Crippen molar-refractivity contribution in [3.8, 4) is 0 Å². The van der Waals surface area contributed by atoms with Crippen molar-refractivity contribution in [1.29, 1.82) is 0 Å². The number of hydrogen-bond donors (Lipinski definition) is 1. The zero-order valence-electron chi connectivity index (χ0n) is 11.1. The summed E-state index contributed by atoms with van der Waals surface area (Å²) in [6.07, 6.45) is -0.276. The summed E-state index contributed by atoms with van der Waals surface area (Å²) in [6.45, 7) is 6.27. The highest BCUT2D eigenvalue weighted by Crippen LogP contribution is 2.32. The third-order valence-electron chi connectivity index (χ3n) is 3.71. The van der Waals surface area contributed by atoms with Gasteiger partial charge in [0.1, 0.15) is 0 Å². The molecule has 104 valence electrons. The van der Waals surface area contributed by atoms with E-state index >= 15 is 0 Å². The van der Waals surface area contributed by atoms with Gasteiger partial charge < -0.3 is 5.32 Å². The van der Waals surface area contributed by atoms with Crippen molar-refractivity contribution in [3.05, 3.63) is 41.5 Å². The van der Waals surface area contributed by atoms with E-state index in [-0.39, 0.29) is 5.41 Å². The summed E-state index contributed by atoms with van der Waals surface area (Å²) >= 11 is 0. The lowest BCUT2D eigenvalue weighted by Gasteiger charge is -2.22. The second-order valence-electron chi connectivity index (χ2n) is 5.70. The van der Waals surface area contributed by atoms with Gasteiger partial charge in [0.2, 0.25) is 0 Å². The van der Waals surface area contributed by atoms with Crippen molar-refractivity contribution in [3.63, 3.8) is 0 Å². The maximum atomic E-state index is 12.4. The van der Waals surface area contributed by atoms with Crippen LogP contribution in [0, 0.1) is 11.3 Å². The van der Waals surface area contributed by atoms with Gasteiger partial charge in [0.25, 0.3) is 0 Å². The molecular weight excluding hydrogens is 251 g/mol. The van der Waals surface area contributed by atoms with Crippen molar-refractivity contribution < 1.29 is 13.2 Å². The quantitative estimate of drug-likeness (QED) is 0.856. The van der Waals surface area contributed by atoms with Gasteiger partial charge in [-0.1, -0.05) is 38.1 Å². The molecule has 0 radical (unpaired) electrons.